The Hall–Kier alpha value is -2.49. The Kier molecular flexibility index (Phi) is 2.61. The van der Waals surface area contributed by atoms with Crippen LogP contribution in [0.3, 0.4) is 0 Å². The van der Waals surface area contributed by atoms with E-state index >= 15 is 0 Å². The van der Waals surface area contributed by atoms with Crippen molar-refractivity contribution in [1.29, 1.82) is 0 Å². The predicted molar refractivity (Wildman–Crippen MR) is 68.3 cm³/mol. The molecule has 2 aromatic rings. The number of rotatable bonds is 3. The topological polar surface area (TPSA) is 50.4 Å². The molecule has 1 aliphatic rings. The van der Waals surface area contributed by atoms with E-state index in [0.29, 0.717) is 12.3 Å². The van der Waals surface area contributed by atoms with Crippen molar-refractivity contribution in [2.24, 2.45) is 0 Å². The van der Waals surface area contributed by atoms with Crippen LogP contribution in [0.25, 0.3) is 0 Å². The zero-order valence-corrected chi connectivity index (χ0v) is 9.64. The number of carbonyl (C=O) groups is 1. The van der Waals surface area contributed by atoms with Crippen molar-refractivity contribution in [2.75, 3.05) is 5.48 Å². The Morgan fingerprint density at radius 1 is 1.11 bits per heavy atom. The van der Waals surface area contributed by atoms with Gasteiger partial charge in [0.25, 0.3) is 5.91 Å². The molecule has 0 fully saturated rings. The van der Waals surface area contributed by atoms with Crippen molar-refractivity contribution in [1.82, 2.24) is 5.32 Å². The molecular weight excluding hydrogens is 228 g/mol. The minimum Gasteiger partial charge on any atom is -0.382 e. The Morgan fingerprint density at radius 3 is 2.78 bits per heavy atom. The molecule has 2 N–H and O–H groups in total. The van der Waals surface area contributed by atoms with E-state index < -0.39 is 0 Å². The summed E-state index contributed by atoms with van der Waals surface area (Å²) in [6, 6.07) is 15.0. The second-order valence-electron chi connectivity index (χ2n) is 4.07. The molecule has 18 heavy (non-hydrogen) atoms. The third-order valence-corrected chi connectivity index (χ3v) is 2.82. The summed E-state index contributed by atoms with van der Waals surface area (Å²) < 4.78 is 0. The summed E-state index contributed by atoms with van der Waals surface area (Å²) in [5.74, 6) is 0.668. The van der Waals surface area contributed by atoms with E-state index in [1.807, 2.05) is 36.4 Å². The SMILES string of the molecule is O=C1NCc2cc(ONc3ccccc3)ccc21. The highest BCUT2D eigenvalue weighted by atomic mass is 16.6. The molecule has 0 spiro atoms. The second-order valence-corrected chi connectivity index (χ2v) is 4.07. The maximum absolute atomic E-state index is 11.4. The normalized spacial score (nSPS) is 12.8. The van der Waals surface area contributed by atoms with Crippen LogP contribution in [0.4, 0.5) is 5.69 Å². The number of carbonyl (C=O) groups excluding carboxylic acids is 1. The molecule has 3 rings (SSSR count). The highest BCUT2D eigenvalue weighted by molar-refractivity contribution is 5.98. The van der Waals surface area contributed by atoms with Gasteiger partial charge in [0.2, 0.25) is 0 Å². The highest BCUT2D eigenvalue weighted by Gasteiger charge is 2.18. The quantitative estimate of drug-likeness (QED) is 0.809. The minimum atomic E-state index is -0.0208. The number of para-hydroxylation sites is 1. The fraction of sp³-hybridized carbons (Fsp3) is 0.0714. The van der Waals surface area contributed by atoms with Crippen molar-refractivity contribution in [3.8, 4) is 5.75 Å². The van der Waals surface area contributed by atoms with Gasteiger partial charge in [-0.05, 0) is 35.9 Å². The van der Waals surface area contributed by atoms with Crippen LogP contribution in [0.2, 0.25) is 0 Å². The van der Waals surface area contributed by atoms with Gasteiger partial charge in [0.15, 0.2) is 5.75 Å². The third kappa shape index (κ3) is 2.00. The number of anilines is 1. The third-order valence-electron chi connectivity index (χ3n) is 2.82. The molecular formula is C14H12N2O2. The van der Waals surface area contributed by atoms with Crippen molar-refractivity contribution in [2.45, 2.75) is 6.54 Å². The Balaban J connectivity index is 1.73. The molecule has 4 nitrogen and oxygen atoms in total. The van der Waals surface area contributed by atoms with Crippen LogP contribution >= 0.6 is 0 Å². The molecule has 4 heteroatoms. The average molecular weight is 240 g/mol. The molecule has 1 heterocycles. The van der Waals surface area contributed by atoms with E-state index in [1.165, 1.54) is 0 Å². The first-order valence-corrected chi connectivity index (χ1v) is 5.72. The molecule has 0 unspecified atom stereocenters. The molecule has 0 bridgehead atoms. The zero-order valence-electron chi connectivity index (χ0n) is 9.64. The van der Waals surface area contributed by atoms with Gasteiger partial charge in [0.1, 0.15) is 0 Å². The molecule has 1 aliphatic heterocycles. The van der Waals surface area contributed by atoms with Crippen molar-refractivity contribution in [3.63, 3.8) is 0 Å². The monoisotopic (exact) mass is 240 g/mol. The van der Waals surface area contributed by atoms with E-state index in [2.05, 4.69) is 10.8 Å². The Bertz CT molecular complexity index is 582. The first-order valence-electron chi connectivity index (χ1n) is 5.72. The highest BCUT2D eigenvalue weighted by Crippen LogP contribution is 2.22. The van der Waals surface area contributed by atoms with Crippen LogP contribution in [-0.4, -0.2) is 5.91 Å². The number of amides is 1. The Labute approximate surface area is 105 Å². The van der Waals surface area contributed by atoms with Gasteiger partial charge in [-0.25, -0.2) is 5.48 Å². The number of hydrogen-bond acceptors (Lipinski definition) is 3. The summed E-state index contributed by atoms with van der Waals surface area (Å²) in [6.45, 7) is 0.566. The fourth-order valence-electron chi connectivity index (χ4n) is 1.90. The lowest BCUT2D eigenvalue weighted by Crippen LogP contribution is -2.12. The van der Waals surface area contributed by atoms with Gasteiger partial charge in [-0.15, -0.1) is 0 Å². The van der Waals surface area contributed by atoms with Gasteiger partial charge in [-0.3, -0.25) is 4.79 Å². The molecule has 1 amide bonds. The van der Waals surface area contributed by atoms with E-state index in [-0.39, 0.29) is 5.91 Å². The van der Waals surface area contributed by atoms with Crippen LogP contribution in [0, 0.1) is 0 Å². The maximum Gasteiger partial charge on any atom is 0.251 e. The molecule has 0 atom stereocenters. The summed E-state index contributed by atoms with van der Waals surface area (Å²) in [5.41, 5.74) is 5.43. The standard InChI is InChI=1S/C14H12N2O2/c17-14-13-7-6-12(8-10(13)9-15-14)18-16-11-4-2-1-3-5-11/h1-8,16H,9H2,(H,15,17). The predicted octanol–water partition coefficient (Wildman–Crippen LogP) is 2.34. The lowest BCUT2D eigenvalue weighted by molar-refractivity contribution is 0.0966. The number of fused-ring (bicyclic) bond motifs is 1. The van der Waals surface area contributed by atoms with Gasteiger partial charge in [0, 0.05) is 12.1 Å². The van der Waals surface area contributed by atoms with E-state index in [0.717, 1.165) is 16.8 Å². The van der Waals surface area contributed by atoms with E-state index in [1.54, 1.807) is 12.1 Å². The van der Waals surface area contributed by atoms with Crippen LogP contribution in [0.15, 0.2) is 48.5 Å². The summed E-state index contributed by atoms with van der Waals surface area (Å²) in [5, 5.41) is 2.77. The van der Waals surface area contributed by atoms with Gasteiger partial charge in [-0.1, -0.05) is 18.2 Å². The molecule has 0 aliphatic carbocycles. The lowest BCUT2D eigenvalue weighted by Gasteiger charge is -2.08. The van der Waals surface area contributed by atoms with Crippen LogP contribution in [-0.2, 0) is 6.54 Å². The van der Waals surface area contributed by atoms with Crippen LogP contribution in [0.1, 0.15) is 15.9 Å². The molecule has 0 radical (unpaired) electrons. The van der Waals surface area contributed by atoms with Crippen molar-refractivity contribution in [3.05, 3.63) is 59.7 Å². The molecule has 2 aromatic carbocycles. The number of nitrogens with one attached hydrogen (secondary N) is 2. The summed E-state index contributed by atoms with van der Waals surface area (Å²) in [4.78, 5) is 16.9. The largest absolute Gasteiger partial charge is 0.382 e. The summed E-state index contributed by atoms with van der Waals surface area (Å²) in [6.07, 6.45) is 0. The summed E-state index contributed by atoms with van der Waals surface area (Å²) >= 11 is 0. The van der Waals surface area contributed by atoms with Gasteiger partial charge in [0.05, 0.1) is 5.69 Å². The zero-order chi connectivity index (χ0) is 12.4. The number of benzene rings is 2. The van der Waals surface area contributed by atoms with E-state index in [4.69, 9.17) is 4.84 Å². The minimum absolute atomic E-state index is 0.0208. The lowest BCUT2D eigenvalue weighted by atomic mass is 10.1. The van der Waals surface area contributed by atoms with Crippen molar-refractivity contribution >= 4 is 11.6 Å². The smallest absolute Gasteiger partial charge is 0.251 e. The molecule has 0 saturated heterocycles. The van der Waals surface area contributed by atoms with Crippen LogP contribution in [0.5, 0.6) is 5.75 Å². The second kappa shape index (κ2) is 4.41. The molecule has 0 saturated carbocycles. The van der Waals surface area contributed by atoms with Crippen LogP contribution < -0.4 is 15.6 Å². The molecule has 0 aromatic heterocycles. The van der Waals surface area contributed by atoms with Gasteiger partial charge in [-0.2, -0.15) is 0 Å². The average Bonchev–Trinajstić information content (AvgIpc) is 2.79. The number of hydrogen-bond donors (Lipinski definition) is 2. The van der Waals surface area contributed by atoms with Gasteiger partial charge < -0.3 is 10.2 Å². The fourth-order valence-corrected chi connectivity index (χ4v) is 1.90. The first-order chi connectivity index (χ1) is 8.83. The Morgan fingerprint density at radius 2 is 1.94 bits per heavy atom. The van der Waals surface area contributed by atoms with Gasteiger partial charge >= 0.3 is 0 Å². The van der Waals surface area contributed by atoms with E-state index in [9.17, 15) is 4.79 Å². The maximum atomic E-state index is 11.4. The summed E-state index contributed by atoms with van der Waals surface area (Å²) in [7, 11) is 0. The molecule has 90 valence electrons. The van der Waals surface area contributed by atoms with Crippen molar-refractivity contribution < 1.29 is 9.63 Å². The first kappa shape index (κ1) is 10.7.